The number of hydrogen-bond acceptors (Lipinski definition) is 5. The maximum atomic E-state index is 12.5. The van der Waals surface area contributed by atoms with Gasteiger partial charge in [-0.2, -0.15) is 5.10 Å². The van der Waals surface area contributed by atoms with Gasteiger partial charge in [0.15, 0.2) is 0 Å². The van der Waals surface area contributed by atoms with Crippen molar-refractivity contribution in [1.82, 2.24) is 14.5 Å². The number of amides is 1. The number of anilines is 1. The van der Waals surface area contributed by atoms with Crippen molar-refractivity contribution in [2.45, 2.75) is 43.7 Å². The molecular formula is C18H24N4O4S. The first-order valence-corrected chi connectivity index (χ1v) is 10.4. The molecule has 146 valence electrons. The molecule has 8 nitrogen and oxygen atoms in total. The molecule has 2 N–H and O–H groups in total. The number of ether oxygens (including phenoxy) is 1. The molecule has 1 atom stereocenters. The Morgan fingerprint density at radius 3 is 2.89 bits per heavy atom. The van der Waals surface area contributed by atoms with E-state index >= 15 is 0 Å². The lowest BCUT2D eigenvalue weighted by atomic mass is 10.2. The molecule has 1 aliphatic heterocycles. The van der Waals surface area contributed by atoms with Crippen LogP contribution < -0.4 is 10.0 Å². The van der Waals surface area contributed by atoms with Crippen molar-refractivity contribution in [2.75, 3.05) is 18.5 Å². The van der Waals surface area contributed by atoms with Crippen molar-refractivity contribution in [3.8, 4) is 0 Å². The number of aromatic nitrogens is 2. The van der Waals surface area contributed by atoms with Crippen LogP contribution >= 0.6 is 0 Å². The number of nitrogens with zero attached hydrogens (tertiary/aromatic N) is 2. The highest BCUT2D eigenvalue weighted by Crippen LogP contribution is 2.17. The van der Waals surface area contributed by atoms with Gasteiger partial charge >= 0.3 is 0 Å². The first-order valence-electron chi connectivity index (χ1n) is 8.93. The summed E-state index contributed by atoms with van der Waals surface area (Å²) in [4.78, 5) is 12.6. The zero-order valence-electron chi connectivity index (χ0n) is 15.4. The van der Waals surface area contributed by atoms with Gasteiger partial charge in [-0.25, -0.2) is 17.8 Å². The standard InChI is InChI=1S/C18H24N4O4S/c1-13(2)22-17(8-9-19-22)21-18(23)14-5-3-7-16(11-14)27(24,25)20-12-15-6-4-10-26-15/h3,5,7-9,11,13,15,20H,4,6,10,12H2,1-2H3,(H,21,23). The molecule has 2 heterocycles. The maximum absolute atomic E-state index is 12.5. The zero-order chi connectivity index (χ0) is 19.4. The van der Waals surface area contributed by atoms with Crippen LogP contribution in [0.3, 0.4) is 0 Å². The van der Waals surface area contributed by atoms with Crippen LogP contribution in [-0.2, 0) is 14.8 Å². The molecule has 0 spiro atoms. The minimum atomic E-state index is -3.71. The average molecular weight is 392 g/mol. The summed E-state index contributed by atoms with van der Waals surface area (Å²) in [5.74, 6) is 0.161. The molecule has 1 aromatic heterocycles. The summed E-state index contributed by atoms with van der Waals surface area (Å²) in [5, 5.41) is 6.94. The van der Waals surface area contributed by atoms with Crippen molar-refractivity contribution < 1.29 is 17.9 Å². The molecule has 1 fully saturated rings. The summed E-state index contributed by atoms with van der Waals surface area (Å²) in [6.07, 6.45) is 3.29. The van der Waals surface area contributed by atoms with E-state index in [4.69, 9.17) is 4.74 Å². The van der Waals surface area contributed by atoms with Crippen LogP contribution in [0, 0.1) is 0 Å². The number of nitrogens with one attached hydrogen (secondary N) is 2. The summed E-state index contributed by atoms with van der Waals surface area (Å²) < 4.78 is 34.7. The lowest BCUT2D eigenvalue weighted by Gasteiger charge is -2.13. The Labute approximate surface area is 159 Å². The first kappa shape index (κ1) is 19.5. The molecule has 3 rings (SSSR count). The van der Waals surface area contributed by atoms with Gasteiger partial charge in [-0.1, -0.05) is 6.07 Å². The highest BCUT2D eigenvalue weighted by Gasteiger charge is 2.21. The second-order valence-electron chi connectivity index (χ2n) is 6.72. The quantitative estimate of drug-likeness (QED) is 0.752. The van der Waals surface area contributed by atoms with Gasteiger partial charge in [0.25, 0.3) is 5.91 Å². The van der Waals surface area contributed by atoms with E-state index in [1.807, 2.05) is 13.8 Å². The number of carbonyl (C=O) groups is 1. The second-order valence-corrected chi connectivity index (χ2v) is 8.49. The third-order valence-electron chi connectivity index (χ3n) is 4.33. The fourth-order valence-corrected chi connectivity index (χ4v) is 4.02. The van der Waals surface area contributed by atoms with E-state index in [2.05, 4.69) is 15.1 Å². The topological polar surface area (TPSA) is 102 Å². The summed E-state index contributed by atoms with van der Waals surface area (Å²) >= 11 is 0. The smallest absolute Gasteiger partial charge is 0.256 e. The molecular weight excluding hydrogens is 368 g/mol. The van der Waals surface area contributed by atoms with Crippen LogP contribution in [0.25, 0.3) is 0 Å². The van der Waals surface area contributed by atoms with E-state index in [-0.39, 0.29) is 29.1 Å². The van der Waals surface area contributed by atoms with Crippen LogP contribution in [0.1, 0.15) is 43.1 Å². The van der Waals surface area contributed by atoms with Crippen LogP contribution in [0.15, 0.2) is 41.4 Å². The molecule has 1 unspecified atom stereocenters. The Balaban J connectivity index is 1.72. The van der Waals surface area contributed by atoms with E-state index in [1.165, 1.54) is 12.1 Å². The summed E-state index contributed by atoms with van der Waals surface area (Å²) in [5.41, 5.74) is 0.256. The summed E-state index contributed by atoms with van der Waals surface area (Å²) in [6, 6.07) is 7.74. The van der Waals surface area contributed by atoms with Gasteiger partial charge in [-0.15, -0.1) is 0 Å². The zero-order valence-corrected chi connectivity index (χ0v) is 16.2. The molecule has 0 radical (unpaired) electrons. The fourth-order valence-electron chi connectivity index (χ4n) is 2.91. The van der Waals surface area contributed by atoms with E-state index < -0.39 is 15.9 Å². The molecule has 2 aromatic rings. The first-order chi connectivity index (χ1) is 12.9. The molecule has 1 aliphatic rings. The van der Waals surface area contributed by atoms with Crippen molar-refractivity contribution in [2.24, 2.45) is 0 Å². The Hall–Kier alpha value is -2.23. The van der Waals surface area contributed by atoms with Gasteiger partial charge in [0.05, 0.1) is 17.2 Å². The normalized spacial score (nSPS) is 17.4. The largest absolute Gasteiger partial charge is 0.377 e. The Kier molecular flexibility index (Phi) is 5.93. The highest BCUT2D eigenvalue weighted by atomic mass is 32.2. The number of sulfonamides is 1. The predicted octanol–water partition coefficient (Wildman–Crippen LogP) is 2.17. The molecule has 1 aromatic carbocycles. The monoisotopic (exact) mass is 392 g/mol. The van der Waals surface area contributed by atoms with Gasteiger partial charge < -0.3 is 10.1 Å². The van der Waals surface area contributed by atoms with Gasteiger partial charge in [-0.3, -0.25) is 4.79 Å². The van der Waals surface area contributed by atoms with Gasteiger partial charge in [0.1, 0.15) is 5.82 Å². The highest BCUT2D eigenvalue weighted by molar-refractivity contribution is 7.89. The van der Waals surface area contributed by atoms with Crippen LogP contribution in [0.4, 0.5) is 5.82 Å². The summed E-state index contributed by atoms with van der Waals surface area (Å²) in [6.45, 7) is 4.80. The molecule has 0 bridgehead atoms. The van der Waals surface area contributed by atoms with E-state index in [9.17, 15) is 13.2 Å². The third-order valence-corrected chi connectivity index (χ3v) is 5.75. The average Bonchev–Trinajstić information content (AvgIpc) is 3.32. The van der Waals surface area contributed by atoms with E-state index in [0.29, 0.717) is 12.4 Å². The molecule has 27 heavy (non-hydrogen) atoms. The number of benzene rings is 1. The van der Waals surface area contributed by atoms with E-state index in [1.54, 1.807) is 29.1 Å². The lowest BCUT2D eigenvalue weighted by molar-refractivity contribution is 0.102. The molecule has 9 heteroatoms. The molecule has 1 amide bonds. The minimum absolute atomic E-state index is 0.0468. The van der Waals surface area contributed by atoms with Crippen molar-refractivity contribution in [3.63, 3.8) is 0 Å². The maximum Gasteiger partial charge on any atom is 0.256 e. The Morgan fingerprint density at radius 2 is 2.19 bits per heavy atom. The Bertz CT molecular complexity index is 902. The van der Waals surface area contributed by atoms with Gasteiger partial charge in [0, 0.05) is 30.8 Å². The third kappa shape index (κ3) is 4.74. The molecule has 1 saturated heterocycles. The molecule has 0 aliphatic carbocycles. The van der Waals surface area contributed by atoms with Crippen LogP contribution in [0.2, 0.25) is 0 Å². The molecule has 0 saturated carbocycles. The SMILES string of the molecule is CC(C)n1nccc1NC(=O)c1cccc(S(=O)(=O)NCC2CCCO2)c1. The van der Waals surface area contributed by atoms with Crippen molar-refractivity contribution >= 4 is 21.7 Å². The van der Waals surface area contributed by atoms with E-state index in [0.717, 1.165) is 12.8 Å². The number of rotatable bonds is 7. The van der Waals surface area contributed by atoms with Crippen LogP contribution in [0.5, 0.6) is 0 Å². The fraction of sp³-hybridized carbons (Fsp3) is 0.444. The van der Waals surface area contributed by atoms with Crippen molar-refractivity contribution in [1.29, 1.82) is 0 Å². The van der Waals surface area contributed by atoms with Crippen LogP contribution in [-0.4, -0.2) is 43.4 Å². The number of hydrogen-bond donors (Lipinski definition) is 2. The summed E-state index contributed by atoms with van der Waals surface area (Å²) in [7, 11) is -3.71. The predicted molar refractivity (Wildman–Crippen MR) is 101 cm³/mol. The second kappa shape index (κ2) is 8.20. The van der Waals surface area contributed by atoms with Crippen molar-refractivity contribution in [3.05, 3.63) is 42.1 Å². The Morgan fingerprint density at radius 1 is 1.37 bits per heavy atom. The number of carbonyl (C=O) groups excluding carboxylic acids is 1. The minimum Gasteiger partial charge on any atom is -0.377 e. The lowest BCUT2D eigenvalue weighted by Crippen LogP contribution is -2.32. The van der Waals surface area contributed by atoms with Gasteiger partial charge in [-0.05, 0) is 44.9 Å². The van der Waals surface area contributed by atoms with Gasteiger partial charge in [0.2, 0.25) is 10.0 Å².